The Balaban J connectivity index is 0.00000180. The molecular formula is C15H25ClN2O. The number of likely N-dealkylation sites (tertiary alicyclic amines) is 1. The summed E-state index contributed by atoms with van der Waals surface area (Å²) in [5, 5.41) is 0. The van der Waals surface area contributed by atoms with Gasteiger partial charge in [-0.1, -0.05) is 12.1 Å². The highest BCUT2D eigenvalue weighted by atomic mass is 35.5. The molecule has 4 heteroatoms. The third-order valence-corrected chi connectivity index (χ3v) is 3.97. The zero-order chi connectivity index (χ0) is 13.1. The lowest BCUT2D eigenvalue weighted by Gasteiger charge is -2.21. The largest absolute Gasteiger partial charge is 0.496 e. The number of aryl methyl sites for hydroxylation is 1. The summed E-state index contributed by atoms with van der Waals surface area (Å²) >= 11 is 0. The molecule has 0 aliphatic carbocycles. The summed E-state index contributed by atoms with van der Waals surface area (Å²) in [4.78, 5) is 2.53. The second-order valence-electron chi connectivity index (χ2n) is 5.42. The summed E-state index contributed by atoms with van der Waals surface area (Å²) < 4.78 is 5.30. The second kappa shape index (κ2) is 7.13. The molecule has 1 fully saturated rings. The highest BCUT2D eigenvalue weighted by Gasteiger charge is 2.27. The first-order chi connectivity index (χ1) is 8.63. The maximum Gasteiger partial charge on any atom is 0.121 e. The molecule has 0 radical (unpaired) electrons. The van der Waals surface area contributed by atoms with Gasteiger partial charge in [-0.3, -0.25) is 4.90 Å². The van der Waals surface area contributed by atoms with Crippen molar-refractivity contribution in [2.24, 2.45) is 11.7 Å². The van der Waals surface area contributed by atoms with E-state index in [1.54, 1.807) is 7.11 Å². The van der Waals surface area contributed by atoms with E-state index in [0.717, 1.165) is 25.4 Å². The van der Waals surface area contributed by atoms with Crippen molar-refractivity contribution in [3.63, 3.8) is 0 Å². The van der Waals surface area contributed by atoms with Crippen molar-refractivity contribution >= 4 is 12.4 Å². The van der Waals surface area contributed by atoms with E-state index in [2.05, 4.69) is 36.9 Å². The minimum atomic E-state index is 0. The zero-order valence-electron chi connectivity index (χ0n) is 12.1. The number of rotatable bonds is 4. The average molecular weight is 285 g/mol. The molecule has 108 valence electrons. The number of hydrogen-bond acceptors (Lipinski definition) is 3. The minimum Gasteiger partial charge on any atom is -0.496 e. The molecule has 2 rings (SSSR count). The summed E-state index contributed by atoms with van der Waals surface area (Å²) in [5.41, 5.74) is 8.34. The standard InChI is InChI=1S/C15H24N2O.ClH/c1-11-6-13(4-5-15(11)18-3)9-17-10-14(8-16)7-12(17)2;/h4-6,12,14H,7-10,16H2,1-3H3;1H. The highest BCUT2D eigenvalue weighted by Crippen LogP contribution is 2.25. The predicted octanol–water partition coefficient (Wildman–Crippen LogP) is 2.59. The summed E-state index contributed by atoms with van der Waals surface area (Å²) in [6.45, 7) is 7.35. The molecule has 1 heterocycles. The molecule has 2 unspecified atom stereocenters. The fourth-order valence-corrected chi connectivity index (χ4v) is 2.88. The molecule has 1 aromatic rings. The first-order valence-electron chi connectivity index (χ1n) is 6.71. The van der Waals surface area contributed by atoms with Crippen LogP contribution in [-0.4, -0.2) is 31.1 Å². The van der Waals surface area contributed by atoms with Gasteiger partial charge in [0.15, 0.2) is 0 Å². The maximum atomic E-state index is 5.77. The zero-order valence-corrected chi connectivity index (χ0v) is 12.9. The van der Waals surface area contributed by atoms with Crippen LogP contribution in [0.3, 0.4) is 0 Å². The number of nitrogens with two attached hydrogens (primary N) is 1. The van der Waals surface area contributed by atoms with E-state index in [4.69, 9.17) is 10.5 Å². The molecule has 1 aliphatic heterocycles. The summed E-state index contributed by atoms with van der Waals surface area (Å²) in [6, 6.07) is 7.09. The normalized spacial score (nSPS) is 23.2. The SMILES string of the molecule is COc1ccc(CN2CC(CN)CC2C)cc1C.Cl. The van der Waals surface area contributed by atoms with Gasteiger partial charge in [-0.05, 0) is 49.9 Å². The number of benzene rings is 1. The van der Waals surface area contributed by atoms with Gasteiger partial charge in [0.1, 0.15) is 5.75 Å². The molecule has 1 aromatic carbocycles. The molecule has 3 nitrogen and oxygen atoms in total. The Kier molecular flexibility index (Phi) is 6.11. The Labute approximate surface area is 122 Å². The molecule has 1 aliphatic rings. The van der Waals surface area contributed by atoms with Gasteiger partial charge in [0.05, 0.1) is 7.11 Å². The number of nitrogens with zero attached hydrogens (tertiary/aromatic N) is 1. The van der Waals surface area contributed by atoms with E-state index in [-0.39, 0.29) is 12.4 Å². The smallest absolute Gasteiger partial charge is 0.121 e. The Hall–Kier alpha value is -0.770. The minimum absolute atomic E-state index is 0. The quantitative estimate of drug-likeness (QED) is 0.924. The number of methoxy groups -OCH3 is 1. The first kappa shape index (κ1) is 16.3. The van der Waals surface area contributed by atoms with Gasteiger partial charge in [-0.2, -0.15) is 0 Å². The van der Waals surface area contributed by atoms with Crippen molar-refractivity contribution in [3.05, 3.63) is 29.3 Å². The van der Waals surface area contributed by atoms with Crippen LogP contribution in [0.15, 0.2) is 18.2 Å². The van der Waals surface area contributed by atoms with E-state index in [1.807, 2.05) is 0 Å². The highest BCUT2D eigenvalue weighted by molar-refractivity contribution is 5.85. The van der Waals surface area contributed by atoms with Crippen molar-refractivity contribution in [2.75, 3.05) is 20.2 Å². The lowest BCUT2D eigenvalue weighted by Crippen LogP contribution is -2.27. The van der Waals surface area contributed by atoms with E-state index < -0.39 is 0 Å². The van der Waals surface area contributed by atoms with Crippen molar-refractivity contribution in [2.45, 2.75) is 32.9 Å². The third kappa shape index (κ3) is 3.85. The average Bonchev–Trinajstić information content (AvgIpc) is 2.70. The number of hydrogen-bond donors (Lipinski definition) is 1. The summed E-state index contributed by atoms with van der Waals surface area (Å²) in [5.74, 6) is 1.63. The topological polar surface area (TPSA) is 38.5 Å². The van der Waals surface area contributed by atoms with Gasteiger partial charge in [0, 0.05) is 19.1 Å². The molecular weight excluding hydrogens is 260 g/mol. The third-order valence-electron chi connectivity index (χ3n) is 3.97. The van der Waals surface area contributed by atoms with Crippen LogP contribution in [0.25, 0.3) is 0 Å². The fraction of sp³-hybridized carbons (Fsp3) is 0.600. The first-order valence-corrected chi connectivity index (χ1v) is 6.71. The number of ether oxygens (including phenoxy) is 1. The molecule has 0 spiro atoms. The van der Waals surface area contributed by atoms with E-state index in [9.17, 15) is 0 Å². The molecule has 0 aromatic heterocycles. The fourth-order valence-electron chi connectivity index (χ4n) is 2.88. The predicted molar refractivity (Wildman–Crippen MR) is 82.0 cm³/mol. The second-order valence-corrected chi connectivity index (χ2v) is 5.42. The van der Waals surface area contributed by atoms with Gasteiger partial charge in [0.25, 0.3) is 0 Å². The Bertz CT molecular complexity index is 411. The lowest BCUT2D eigenvalue weighted by molar-refractivity contribution is 0.256. The van der Waals surface area contributed by atoms with Crippen LogP contribution in [0.1, 0.15) is 24.5 Å². The molecule has 2 atom stereocenters. The van der Waals surface area contributed by atoms with Gasteiger partial charge >= 0.3 is 0 Å². The van der Waals surface area contributed by atoms with Crippen LogP contribution in [0.4, 0.5) is 0 Å². The Morgan fingerprint density at radius 3 is 2.68 bits per heavy atom. The van der Waals surface area contributed by atoms with Crippen LogP contribution in [0.5, 0.6) is 5.75 Å². The van der Waals surface area contributed by atoms with E-state index in [1.165, 1.54) is 17.5 Å². The van der Waals surface area contributed by atoms with Crippen molar-refractivity contribution < 1.29 is 4.74 Å². The Morgan fingerprint density at radius 2 is 2.16 bits per heavy atom. The van der Waals surface area contributed by atoms with Crippen LogP contribution in [-0.2, 0) is 6.54 Å². The molecule has 1 saturated heterocycles. The van der Waals surface area contributed by atoms with Crippen LogP contribution < -0.4 is 10.5 Å². The lowest BCUT2D eigenvalue weighted by atomic mass is 10.1. The maximum absolute atomic E-state index is 5.77. The molecule has 0 saturated carbocycles. The van der Waals surface area contributed by atoms with Gasteiger partial charge in [-0.25, -0.2) is 0 Å². The van der Waals surface area contributed by atoms with Crippen molar-refractivity contribution in [1.82, 2.24) is 4.90 Å². The molecule has 19 heavy (non-hydrogen) atoms. The van der Waals surface area contributed by atoms with Crippen LogP contribution >= 0.6 is 12.4 Å². The van der Waals surface area contributed by atoms with Crippen molar-refractivity contribution in [3.8, 4) is 5.75 Å². The summed E-state index contributed by atoms with van der Waals surface area (Å²) in [7, 11) is 1.72. The van der Waals surface area contributed by atoms with Crippen molar-refractivity contribution in [1.29, 1.82) is 0 Å². The summed E-state index contributed by atoms with van der Waals surface area (Å²) in [6.07, 6.45) is 1.23. The molecule has 0 bridgehead atoms. The molecule has 0 amide bonds. The Morgan fingerprint density at radius 1 is 1.42 bits per heavy atom. The van der Waals surface area contributed by atoms with E-state index in [0.29, 0.717) is 12.0 Å². The van der Waals surface area contributed by atoms with Crippen LogP contribution in [0, 0.1) is 12.8 Å². The van der Waals surface area contributed by atoms with Crippen LogP contribution in [0.2, 0.25) is 0 Å². The van der Waals surface area contributed by atoms with Gasteiger partial charge in [0.2, 0.25) is 0 Å². The monoisotopic (exact) mass is 284 g/mol. The van der Waals surface area contributed by atoms with Gasteiger partial charge < -0.3 is 10.5 Å². The van der Waals surface area contributed by atoms with E-state index >= 15 is 0 Å². The van der Waals surface area contributed by atoms with Gasteiger partial charge in [-0.15, -0.1) is 12.4 Å². The number of halogens is 1. The molecule has 2 N–H and O–H groups in total.